The number of aryl methyl sites for hydroxylation is 1. The van der Waals surface area contributed by atoms with Gasteiger partial charge in [0.25, 0.3) is 5.91 Å². The average molecular weight is 424 g/mol. The van der Waals surface area contributed by atoms with E-state index >= 15 is 0 Å². The van der Waals surface area contributed by atoms with Gasteiger partial charge in [0, 0.05) is 25.1 Å². The normalized spacial score (nSPS) is 15.2. The molecule has 0 radical (unpaired) electrons. The Morgan fingerprint density at radius 3 is 2.81 bits per heavy atom. The molecule has 1 aromatic heterocycles. The molecule has 0 saturated carbocycles. The van der Waals surface area contributed by atoms with Gasteiger partial charge < -0.3 is 10.6 Å². The number of anilines is 1. The molecule has 0 saturated heterocycles. The van der Waals surface area contributed by atoms with Crippen LogP contribution in [-0.2, 0) is 11.2 Å². The summed E-state index contributed by atoms with van der Waals surface area (Å²) in [6.07, 6.45) is 4.65. The number of nitrogens with zero attached hydrogens (tertiary/aromatic N) is 2. The summed E-state index contributed by atoms with van der Waals surface area (Å²) in [7, 11) is 0. The third kappa shape index (κ3) is 4.63. The molecule has 0 bridgehead atoms. The molecule has 1 atom stereocenters. The molecule has 31 heavy (non-hydrogen) atoms. The average Bonchev–Trinajstić information content (AvgIpc) is 3.21. The maximum Gasteiger partial charge on any atom is 0.254 e. The number of hydrogen-bond donors (Lipinski definition) is 2. The molecule has 0 spiro atoms. The molecule has 1 aliphatic rings. The van der Waals surface area contributed by atoms with E-state index in [1.165, 1.54) is 11.1 Å². The van der Waals surface area contributed by atoms with E-state index in [-0.39, 0.29) is 30.5 Å². The molecule has 2 aromatic carbocycles. The highest BCUT2D eigenvalue weighted by molar-refractivity contribution is 5.95. The summed E-state index contributed by atoms with van der Waals surface area (Å²) in [6, 6.07) is 12.8. The standard InChI is InChI=1S/C23H22F2N4O2/c24-16-8-9-18(19(25)14-16)23(31)26-12-11-22(30)28-21-10-13-27-29(21)20-7-3-5-15-4-1-2-6-17(15)20/h1-2,4,6,8-10,13-14,20H,3,5,7,11-12H2,(H,26,31)(H,28,30)/t20-/m1/s1. The monoisotopic (exact) mass is 424 g/mol. The fraction of sp³-hybridized carbons (Fsp3) is 0.261. The van der Waals surface area contributed by atoms with Crippen molar-refractivity contribution >= 4 is 17.6 Å². The van der Waals surface area contributed by atoms with Crippen molar-refractivity contribution in [2.75, 3.05) is 11.9 Å². The van der Waals surface area contributed by atoms with Crippen molar-refractivity contribution in [3.8, 4) is 0 Å². The van der Waals surface area contributed by atoms with Gasteiger partial charge in [-0.15, -0.1) is 0 Å². The predicted molar refractivity (Wildman–Crippen MR) is 112 cm³/mol. The number of amides is 2. The largest absolute Gasteiger partial charge is 0.351 e. The van der Waals surface area contributed by atoms with Gasteiger partial charge in [0.05, 0.1) is 17.8 Å². The molecule has 4 rings (SSSR count). The highest BCUT2D eigenvalue weighted by atomic mass is 19.1. The lowest BCUT2D eigenvalue weighted by Gasteiger charge is -2.27. The Kier molecular flexibility index (Phi) is 6.06. The number of aromatic nitrogens is 2. The Labute approximate surface area is 178 Å². The maximum absolute atomic E-state index is 13.7. The van der Waals surface area contributed by atoms with Crippen LogP contribution in [0.3, 0.4) is 0 Å². The molecule has 2 amide bonds. The number of benzene rings is 2. The number of halogens is 2. The van der Waals surface area contributed by atoms with Gasteiger partial charge >= 0.3 is 0 Å². The van der Waals surface area contributed by atoms with Gasteiger partial charge in [-0.05, 0) is 42.5 Å². The van der Waals surface area contributed by atoms with Crippen molar-refractivity contribution in [1.29, 1.82) is 0 Å². The molecule has 1 aliphatic carbocycles. The second-order valence-corrected chi connectivity index (χ2v) is 7.45. The van der Waals surface area contributed by atoms with Crippen LogP contribution in [0.4, 0.5) is 14.6 Å². The van der Waals surface area contributed by atoms with Crippen LogP contribution in [0.1, 0.15) is 46.8 Å². The fourth-order valence-electron chi connectivity index (χ4n) is 3.91. The lowest BCUT2D eigenvalue weighted by molar-refractivity contribution is -0.116. The Morgan fingerprint density at radius 1 is 1.13 bits per heavy atom. The molecule has 1 heterocycles. The van der Waals surface area contributed by atoms with E-state index in [4.69, 9.17) is 0 Å². The molecule has 3 aromatic rings. The Morgan fingerprint density at radius 2 is 1.97 bits per heavy atom. The number of rotatable bonds is 6. The zero-order chi connectivity index (χ0) is 21.8. The number of carbonyl (C=O) groups excluding carboxylic acids is 2. The quantitative estimate of drug-likeness (QED) is 0.631. The second kappa shape index (κ2) is 9.07. The summed E-state index contributed by atoms with van der Waals surface area (Å²) in [5, 5.41) is 9.73. The van der Waals surface area contributed by atoms with Gasteiger partial charge in [-0.2, -0.15) is 5.10 Å². The Balaban J connectivity index is 1.35. The molecular formula is C23H22F2N4O2. The van der Waals surface area contributed by atoms with E-state index in [9.17, 15) is 18.4 Å². The van der Waals surface area contributed by atoms with Crippen LogP contribution in [0.25, 0.3) is 0 Å². The summed E-state index contributed by atoms with van der Waals surface area (Å²) >= 11 is 0. The lowest BCUT2D eigenvalue weighted by atomic mass is 9.88. The summed E-state index contributed by atoms with van der Waals surface area (Å²) in [5.41, 5.74) is 2.24. The van der Waals surface area contributed by atoms with Crippen LogP contribution in [0.15, 0.2) is 54.7 Å². The Hall–Kier alpha value is -3.55. The van der Waals surface area contributed by atoms with Gasteiger partial charge in [0.2, 0.25) is 5.91 Å². The second-order valence-electron chi connectivity index (χ2n) is 7.45. The first-order valence-electron chi connectivity index (χ1n) is 10.2. The van der Waals surface area contributed by atoms with Crippen LogP contribution >= 0.6 is 0 Å². The Bertz CT molecular complexity index is 1110. The minimum atomic E-state index is -0.946. The van der Waals surface area contributed by atoms with Crippen molar-refractivity contribution in [2.45, 2.75) is 31.7 Å². The molecule has 0 unspecified atom stereocenters. The minimum Gasteiger partial charge on any atom is -0.351 e. The molecule has 6 nitrogen and oxygen atoms in total. The van der Waals surface area contributed by atoms with Gasteiger partial charge in [0.15, 0.2) is 0 Å². The van der Waals surface area contributed by atoms with Crippen molar-refractivity contribution in [3.05, 3.63) is 83.1 Å². The lowest BCUT2D eigenvalue weighted by Crippen LogP contribution is -2.29. The summed E-state index contributed by atoms with van der Waals surface area (Å²) in [5.74, 6) is -2.12. The number of hydrogen-bond acceptors (Lipinski definition) is 3. The third-order valence-electron chi connectivity index (χ3n) is 5.38. The third-order valence-corrected chi connectivity index (χ3v) is 5.38. The minimum absolute atomic E-state index is 0.000980. The highest BCUT2D eigenvalue weighted by Gasteiger charge is 2.24. The summed E-state index contributed by atoms with van der Waals surface area (Å²) in [6.45, 7) is 0.0158. The van der Waals surface area contributed by atoms with E-state index in [0.29, 0.717) is 11.9 Å². The van der Waals surface area contributed by atoms with E-state index < -0.39 is 17.5 Å². The first-order chi connectivity index (χ1) is 15.0. The van der Waals surface area contributed by atoms with Crippen molar-refractivity contribution < 1.29 is 18.4 Å². The van der Waals surface area contributed by atoms with Crippen LogP contribution in [0.5, 0.6) is 0 Å². The van der Waals surface area contributed by atoms with Gasteiger partial charge in [-0.25, -0.2) is 13.5 Å². The van der Waals surface area contributed by atoms with E-state index in [1.807, 2.05) is 16.8 Å². The van der Waals surface area contributed by atoms with Gasteiger partial charge in [-0.3, -0.25) is 9.59 Å². The predicted octanol–water partition coefficient (Wildman–Crippen LogP) is 3.85. The topological polar surface area (TPSA) is 76.0 Å². The van der Waals surface area contributed by atoms with Gasteiger partial charge in [-0.1, -0.05) is 24.3 Å². The van der Waals surface area contributed by atoms with Crippen molar-refractivity contribution in [3.63, 3.8) is 0 Å². The zero-order valence-electron chi connectivity index (χ0n) is 16.8. The van der Waals surface area contributed by atoms with Crippen molar-refractivity contribution in [1.82, 2.24) is 15.1 Å². The maximum atomic E-state index is 13.7. The summed E-state index contributed by atoms with van der Waals surface area (Å²) in [4.78, 5) is 24.4. The fourth-order valence-corrected chi connectivity index (χ4v) is 3.91. The number of nitrogens with one attached hydrogen (secondary N) is 2. The highest BCUT2D eigenvalue weighted by Crippen LogP contribution is 2.34. The molecule has 0 aliphatic heterocycles. The zero-order valence-corrected chi connectivity index (χ0v) is 16.8. The molecular weight excluding hydrogens is 402 g/mol. The van der Waals surface area contributed by atoms with Crippen LogP contribution in [0.2, 0.25) is 0 Å². The molecule has 8 heteroatoms. The number of carbonyl (C=O) groups is 2. The van der Waals surface area contributed by atoms with Crippen LogP contribution in [-0.4, -0.2) is 28.1 Å². The van der Waals surface area contributed by atoms with Crippen molar-refractivity contribution in [2.24, 2.45) is 0 Å². The number of fused-ring (bicyclic) bond motifs is 1. The first-order valence-corrected chi connectivity index (χ1v) is 10.2. The molecule has 0 fully saturated rings. The van der Waals surface area contributed by atoms with E-state index in [1.54, 1.807) is 12.3 Å². The van der Waals surface area contributed by atoms with E-state index in [2.05, 4.69) is 27.9 Å². The molecule has 160 valence electrons. The summed E-state index contributed by atoms with van der Waals surface area (Å²) < 4.78 is 28.5. The van der Waals surface area contributed by atoms with Gasteiger partial charge in [0.1, 0.15) is 17.5 Å². The smallest absolute Gasteiger partial charge is 0.254 e. The SMILES string of the molecule is O=C(CCNC(=O)c1ccc(F)cc1F)Nc1ccnn1[C@@H]1CCCc2ccccc21. The van der Waals surface area contributed by atoms with Crippen LogP contribution in [0, 0.1) is 11.6 Å². The first kappa shape index (κ1) is 20.7. The van der Waals surface area contributed by atoms with E-state index in [0.717, 1.165) is 31.4 Å². The molecule has 2 N–H and O–H groups in total. The van der Waals surface area contributed by atoms with Crippen LogP contribution < -0.4 is 10.6 Å².